The fourth-order valence-corrected chi connectivity index (χ4v) is 5.62. The lowest BCUT2D eigenvalue weighted by molar-refractivity contribution is -0.140. The first kappa shape index (κ1) is 29.2. The number of Topliss-reactive ketones (excluding diaryl/α,β-unsaturated/α-hetero) is 1. The second kappa shape index (κ2) is 12.6. The summed E-state index contributed by atoms with van der Waals surface area (Å²) < 4.78 is 27.9. The van der Waals surface area contributed by atoms with Crippen molar-refractivity contribution in [2.24, 2.45) is 16.8 Å². The van der Waals surface area contributed by atoms with E-state index < -0.39 is 17.8 Å². The van der Waals surface area contributed by atoms with Crippen LogP contribution in [0.15, 0.2) is 52.7 Å². The van der Waals surface area contributed by atoms with Crippen molar-refractivity contribution in [2.45, 2.75) is 52.4 Å². The van der Waals surface area contributed by atoms with Crippen LogP contribution in [0.2, 0.25) is 0 Å². The molecule has 0 bridgehead atoms. The van der Waals surface area contributed by atoms with E-state index in [0.29, 0.717) is 53.7 Å². The van der Waals surface area contributed by atoms with E-state index in [9.17, 15) is 9.59 Å². The number of aliphatic imine (C=N–C) groups is 1. The Kier molecular flexibility index (Phi) is 9.17. The minimum atomic E-state index is -0.579. The molecular formula is C32H39NO7. The highest BCUT2D eigenvalue weighted by Gasteiger charge is 2.46. The number of allylic oxidation sites excluding steroid dienone is 1. The van der Waals surface area contributed by atoms with Crippen LogP contribution in [0.4, 0.5) is 0 Å². The van der Waals surface area contributed by atoms with Crippen molar-refractivity contribution in [2.75, 3.05) is 34.5 Å². The van der Waals surface area contributed by atoms with Gasteiger partial charge in [-0.25, -0.2) is 4.79 Å². The van der Waals surface area contributed by atoms with Crippen molar-refractivity contribution in [3.05, 3.63) is 58.8 Å². The highest BCUT2D eigenvalue weighted by Crippen LogP contribution is 2.48. The number of esters is 1. The zero-order valence-corrected chi connectivity index (χ0v) is 24.4. The van der Waals surface area contributed by atoms with Crippen molar-refractivity contribution in [3.8, 4) is 23.0 Å². The Labute approximate surface area is 236 Å². The van der Waals surface area contributed by atoms with Gasteiger partial charge in [0.05, 0.1) is 46.0 Å². The van der Waals surface area contributed by atoms with E-state index in [4.69, 9.17) is 28.7 Å². The van der Waals surface area contributed by atoms with Gasteiger partial charge in [0, 0.05) is 23.7 Å². The van der Waals surface area contributed by atoms with Gasteiger partial charge in [-0.1, -0.05) is 26.0 Å². The number of hydrogen-bond donors (Lipinski definition) is 0. The fraction of sp³-hybridized carbons (Fsp3) is 0.469. The average molecular weight is 550 g/mol. The molecule has 0 N–H and O–H groups in total. The third-order valence-electron chi connectivity index (χ3n) is 7.45. The lowest BCUT2D eigenvalue weighted by Crippen LogP contribution is -2.41. The molecule has 0 aromatic heterocycles. The zero-order valence-electron chi connectivity index (χ0n) is 24.4. The summed E-state index contributed by atoms with van der Waals surface area (Å²) in [4.78, 5) is 32.3. The van der Waals surface area contributed by atoms with Crippen LogP contribution in [0.1, 0.15) is 63.5 Å². The average Bonchev–Trinajstić information content (AvgIpc) is 2.94. The van der Waals surface area contributed by atoms with E-state index in [1.807, 2.05) is 64.1 Å². The van der Waals surface area contributed by atoms with E-state index in [-0.39, 0.29) is 24.2 Å². The maximum Gasteiger partial charge on any atom is 0.336 e. The second-order valence-corrected chi connectivity index (χ2v) is 10.6. The van der Waals surface area contributed by atoms with Gasteiger partial charge >= 0.3 is 5.97 Å². The number of benzene rings is 2. The van der Waals surface area contributed by atoms with Crippen LogP contribution in [-0.4, -0.2) is 52.0 Å². The molecule has 8 heteroatoms. The van der Waals surface area contributed by atoms with Crippen LogP contribution in [0.5, 0.6) is 23.0 Å². The number of nitrogens with zero attached hydrogens (tertiary/aromatic N) is 1. The number of fused-ring (bicyclic) bond motifs is 1. The molecule has 40 heavy (non-hydrogen) atoms. The number of carbonyl (C=O) groups excluding carboxylic acids is 2. The van der Waals surface area contributed by atoms with Gasteiger partial charge in [-0.3, -0.25) is 9.79 Å². The molecule has 8 nitrogen and oxygen atoms in total. The molecule has 0 amide bonds. The van der Waals surface area contributed by atoms with Gasteiger partial charge < -0.3 is 23.7 Å². The first-order valence-corrected chi connectivity index (χ1v) is 13.7. The summed E-state index contributed by atoms with van der Waals surface area (Å²) in [5.74, 6) is 0.968. The molecule has 4 rings (SSSR count). The number of methoxy groups -OCH3 is 3. The molecule has 1 aliphatic carbocycles. The Hall–Kier alpha value is -3.81. The summed E-state index contributed by atoms with van der Waals surface area (Å²) in [5, 5.41) is 0. The highest BCUT2D eigenvalue weighted by molar-refractivity contribution is 6.12. The first-order chi connectivity index (χ1) is 19.2. The highest BCUT2D eigenvalue weighted by atomic mass is 16.5. The monoisotopic (exact) mass is 549 g/mol. The lowest BCUT2D eigenvalue weighted by atomic mass is 9.66. The molecule has 0 saturated heterocycles. The predicted molar refractivity (Wildman–Crippen MR) is 153 cm³/mol. The molecule has 0 radical (unpaired) electrons. The molecule has 0 spiro atoms. The van der Waals surface area contributed by atoms with Crippen molar-refractivity contribution in [1.29, 1.82) is 0 Å². The molecule has 214 valence electrons. The Morgan fingerprint density at radius 3 is 2.17 bits per heavy atom. The summed E-state index contributed by atoms with van der Waals surface area (Å²) in [6.07, 6.45) is 0.902. The van der Waals surface area contributed by atoms with Crippen molar-refractivity contribution in [3.63, 3.8) is 0 Å². The molecule has 2 aromatic rings. The van der Waals surface area contributed by atoms with Gasteiger partial charge in [0.1, 0.15) is 5.78 Å². The van der Waals surface area contributed by atoms with E-state index in [1.165, 1.54) is 0 Å². The van der Waals surface area contributed by atoms with Crippen molar-refractivity contribution in [1.82, 2.24) is 0 Å². The van der Waals surface area contributed by atoms with Gasteiger partial charge in [0.25, 0.3) is 0 Å². The zero-order chi connectivity index (χ0) is 29.0. The third kappa shape index (κ3) is 5.86. The molecule has 1 saturated carbocycles. The first-order valence-electron chi connectivity index (χ1n) is 13.7. The second-order valence-electron chi connectivity index (χ2n) is 10.6. The third-order valence-corrected chi connectivity index (χ3v) is 7.45. The largest absolute Gasteiger partial charge is 0.493 e. The van der Waals surface area contributed by atoms with Crippen LogP contribution in [-0.2, 0) is 14.3 Å². The molecule has 2 aromatic carbocycles. The molecule has 1 heterocycles. The standard InChI is InChI=1S/C32H39NO7/c1-8-39-26-12-10-21(16-28(26)38-7)30-29(32(35)40-17-18(2)3)19(4)33-23-13-22(14-24(34)31(23)30)20-9-11-25(36-5)27(15-20)37-6/h9-12,15-16,18,22,30-31H,8,13-14,17H2,1-7H3/t22-,30+,31?/m0/s1. The Balaban J connectivity index is 1.78. The smallest absolute Gasteiger partial charge is 0.336 e. The summed E-state index contributed by atoms with van der Waals surface area (Å²) in [6.45, 7) is 8.46. The Morgan fingerprint density at radius 2 is 1.52 bits per heavy atom. The van der Waals surface area contributed by atoms with Crippen LogP contribution in [0.25, 0.3) is 0 Å². The quantitative estimate of drug-likeness (QED) is 0.342. The van der Waals surface area contributed by atoms with E-state index >= 15 is 0 Å². The van der Waals surface area contributed by atoms with E-state index in [2.05, 4.69) is 0 Å². The maximum atomic E-state index is 14.0. The van der Waals surface area contributed by atoms with Crippen LogP contribution in [0, 0.1) is 11.8 Å². The van der Waals surface area contributed by atoms with Gasteiger partial charge in [-0.15, -0.1) is 0 Å². The summed E-state index contributed by atoms with van der Waals surface area (Å²) in [6, 6.07) is 11.3. The predicted octanol–water partition coefficient (Wildman–Crippen LogP) is 5.89. The Morgan fingerprint density at radius 1 is 0.900 bits per heavy atom. The molecule has 2 aliphatic rings. The summed E-state index contributed by atoms with van der Waals surface area (Å²) >= 11 is 0. The molecule has 1 unspecified atom stereocenters. The van der Waals surface area contributed by atoms with E-state index in [0.717, 1.165) is 16.8 Å². The number of ketones is 1. The maximum absolute atomic E-state index is 14.0. The van der Waals surface area contributed by atoms with Crippen molar-refractivity contribution >= 4 is 17.5 Å². The molecule has 3 atom stereocenters. The van der Waals surface area contributed by atoms with Gasteiger partial charge in [0.2, 0.25) is 0 Å². The number of carbonyl (C=O) groups is 2. The molecular weight excluding hydrogens is 510 g/mol. The molecule has 1 aliphatic heterocycles. The van der Waals surface area contributed by atoms with E-state index in [1.54, 1.807) is 21.3 Å². The lowest BCUT2D eigenvalue weighted by Gasteiger charge is -2.38. The fourth-order valence-electron chi connectivity index (χ4n) is 5.62. The molecule has 1 fully saturated rings. The normalized spacial score (nSPS) is 20.6. The minimum Gasteiger partial charge on any atom is -0.493 e. The number of hydrogen-bond acceptors (Lipinski definition) is 8. The van der Waals surface area contributed by atoms with Crippen LogP contribution >= 0.6 is 0 Å². The number of ether oxygens (including phenoxy) is 5. The van der Waals surface area contributed by atoms with Gasteiger partial charge in [-0.2, -0.15) is 0 Å². The van der Waals surface area contributed by atoms with Gasteiger partial charge in [-0.05, 0) is 67.5 Å². The number of rotatable bonds is 10. The minimum absolute atomic E-state index is 0.0318. The summed E-state index contributed by atoms with van der Waals surface area (Å²) in [5.41, 5.74) is 3.52. The summed E-state index contributed by atoms with van der Waals surface area (Å²) in [7, 11) is 4.77. The topological polar surface area (TPSA) is 92.7 Å². The van der Waals surface area contributed by atoms with Crippen molar-refractivity contribution < 1.29 is 33.3 Å². The van der Waals surface area contributed by atoms with Gasteiger partial charge in [0.15, 0.2) is 23.0 Å². The van der Waals surface area contributed by atoms with Crippen LogP contribution < -0.4 is 18.9 Å². The Bertz CT molecular complexity index is 1330. The SMILES string of the molecule is CCOc1ccc([C@@H]2C(C(=O)OCC(C)C)=C(C)N=C3C[C@H](c4ccc(OC)c(OC)c4)CC(=O)C32)cc1OC. The van der Waals surface area contributed by atoms with Crippen LogP contribution in [0.3, 0.4) is 0 Å².